The third-order valence-electron chi connectivity index (χ3n) is 3.78. The smallest absolute Gasteiger partial charge is 0.0281 e. The van der Waals surface area contributed by atoms with Crippen molar-refractivity contribution in [2.45, 2.75) is 25.8 Å². The van der Waals surface area contributed by atoms with Crippen LogP contribution in [0.4, 0.5) is 0 Å². The Kier molecular flexibility index (Phi) is 6.57. The second kappa shape index (κ2) is 7.43. The normalized spacial score (nSPS) is 18.8. The molecule has 0 aromatic rings. The van der Waals surface area contributed by atoms with Gasteiger partial charge in [-0.3, -0.25) is 4.90 Å². The molecule has 1 saturated heterocycles. The maximum atomic E-state index is 3.43. The molecular weight excluding hydrogens is 224 g/mol. The van der Waals surface area contributed by atoms with Crippen LogP contribution < -0.4 is 5.32 Å². The Balaban J connectivity index is 2.29. The second-order valence-electron chi connectivity index (χ2n) is 6.44. The van der Waals surface area contributed by atoms with Crippen LogP contribution in [0.3, 0.4) is 0 Å². The Morgan fingerprint density at radius 2 is 1.67 bits per heavy atom. The lowest BCUT2D eigenvalue weighted by atomic mass is 10.0. The SMILES string of the molecule is CN(C)CCCN(C)CC(C)(C)N1CCNCC1. The third-order valence-corrected chi connectivity index (χ3v) is 3.78. The number of hydrogen-bond acceptors (Lipinski definition) is 4. The molecule has 0 radical (unpaired) electrons. The summed E-state index contributed by atoms with van der Waals surface area (Å²) in [6.45, 7) is 12.9. The summed E-state index contributed by atoms with van der Waals surface area (Å²) in [6.07, 6.45) is 1.25. The van der Waals surface area contributed by atoms with Gasteiger partial charge in [0.05, 0.1) is 0 Å². The van der Waals surface area contributed by atoms with E-state index in [0.717, 1.165) is 19.6 Å². The van der Waals surface area contributed by atoms with Crippen molar-refractivity contribution in [1.29, 1.82) is 0 Å². The van der Waals surface area contributed by atoms with Gasteiger partial charge >= 0.3 is 0 Å². The minimum Gasteiger partial charge on any atom is -0.314 e. The van der Waals surface area contributed by atoms with Gasteiger partial charge in [-0.2, -0.15) is 0 Å². The summed E-state index contributed by atoms with van der Waals surface area (Å²) in [7, 11) is 6.54. The van der Waals surface area contributed by atoms with Crippen molar-refractivity contribution in [3.63, 3.8) is 0 Å². The van der Waals surface area contributed by atoms with Crippen LogP contribution in [0.15, 0.2) is 0 Å². The Morgan fingerprint density at radius 1 is 1.06 bits per heavy atom. The summed E-state index contributed by atoms with van der Waals surface area (Å²) in [4.78, 5) is 7.35. The third kappa shape index (κ3) is 5.65. The summed E-state index contributed by atoms with van der Waals surface area (Å²) >= 11 is 0. The molecule has 0 unspecified atom stereocenters. The molecule has 108 valence electrons. The second-order valence-corrected chi connectivity index (χ2v) is 6.44. The molecule has 0 spiro atoms. The van der Waals surface area contributed by atoms with Crippen molar-refractivity contribution in [1.82, 2.24) is 20.0 Å². The first-order valence-corrected chi connectivity index (χ1v) is 7.21. The Hall–Kier alpha value is -0.160. The van der Waals surface area contributed by atoms with Crippen LogP contribution in [0.1, 0.15) is 20.3 Å². The lowest BCUT2D eigenvalue weighted by Gasteiger charge is -2.43. The predicted molar refractivity (Wildman–Crippen MR) is 79.2 cm³/mol. The van der Waals surface area contributed by atoms with Crippen LogP contribution in [0.5, 0.6) is 0 Å². The van der Waals surface area contributed by atoms with Crippen LogP contribution >= 0.6 is 0 Å². The lowest BCUT2D eigenvalue weighted by Crippen LogP contribution is -2.57. The number of likely N-dealkylation sites (N-methyl/N-ethyl adjacent to an activating group) is 1. The molecule has 0 atom stereocenters. The van der Waals surface area contributed by atoms with Gasteiger partial charge in [0.2, 0.25) is 0 Å². The van der Waals surface area contributed by atoms with Crippen LogP contribution in [0.2, 0.25) is 0 Å². The van der Waals surface area contributed by atoms with Gasteiger partial charge in [-0.15, -0.1) is 0 Å². The quantitative estimate of drug-likeness (QED) is 0.718. The maximum Gasteiger partial charge on any atom is 0.0281 e. The zero-order valence-electron chi connectivity index (χ0n) is 13.0. The first-order valence-electron chi connectivity index (χ1n) is 7.21. The highest BCUT2D eigenvalue weighted by atomic mass is 15.3. The lowest BCUT2D eigenvalue weighted by molar-refractivity contribution is 0.0705. The molecule has 1 aliphatic heterocycles. The van der Waals surface area contributed by atoms with E-state index in [1.54, 1.807) is 0 Å². The van der Waals surface area contributed by atoms with Gasteiger partial charge < -0.3 is 15.1 Å². The maximum absolute atomic E-state index is 3.43. The van der Waals surface area contributed by atoms with E-state index >= 15 is 0 Å². The first kappa shape index (κ1) is 15.9. The molecule has 0 saturated carbocycles. The highest BCUT2D eigenvalue weighted by molar-refractivity contribution is 4.87. The minimum atomic E-state index is 0.287. The standard InChI is InChI=1S/C14H32N4/c1-14(2,18-11-7-15-8-12-18)13-17(5)10-6-9-16(3)4/h15H,6-13H2,1-5H3. The molecule has 0 bridgehead atoms. The molecule has 4 heteroatoms. The van der Waals surface area contributed by atoms with Crippen molar-refractivity contribution in [2.24, 2.45) is 0 Å². The molecule has 1 rings (SSSR count). The number of rotatable bonds is 7. The number of nitrogens with zero attached hydrogens (tertiary/aromatic N) is 3. The highest BCUT2D eigenvalue weighted by Gasteiger charge is 2.28. The summed E-state index contributed by atoms with van der Waals surface area (Å²) in [5.74, 6) is 0. The molecule has 4 nitrogen and oxygen atoms in total. The van der Waals surface area contributed by atoms with Gasteiger partial charge in [-0.05, 0) is 54.5 Å². The van der Waals surface area contributed by atoms with Crippen molar-refractivity contribution in [2.75, 3.05) is 67.0 Å². The molecule has 1 N–H and O–H groups in total. The van der Waals surface area contributed by atoms with E-state index in [2.05, 4.69) is 55.0 Å². The fourth-order valence-electron chi connectivity index (χ4n) is 2.77. The van der Waals surface area contributed by atoms with Crippen LogP contribution in [0, 0.1) is 0 Å². The molecule has 0 aliphatic carbocycles. The van der Waals surface area contributed by atoms with Crippen LogP contribution in [0.25, 0.3) is 0 Å². The van der Waals surface area contributed by atoms with Crippen molar-refractivity contribution in [3.05, 3.63) is 0 Å². The molecule has 1 aliphatic rings. The van der Waals surface area contributed by atoms with E-state index in [-0.39, 0.29) is 5.54 Å². The topological polar surface area (TPSA) is 21.8 Å². The Labute approximate surface area is 113 Å². The average molecular weight is 256 g/mol. The molecule has 0 amide bonds. The van der Waals surface area contributed by atoms with E-state index in [1.807, 2.05) is 0 Å². The zero-order valence-corrected chi connectivity index (χ0v) is 13.0. The van der Waals surface area contributed by atoms with Crippen molar-refractivity contribution in [3.8, 4) is 0 Å². The van der Waals surface area contributed by atoms with Gasteiger partial charge in [0.25, 0.3) is 0 Å². The number of nitrogens with one attached hydrogen (secondary N) is 1. The van der Waals surface area contributed by atoms with Gasteiger partial charge in [0, 0.05) is 38.3 Å². The van der Waals surface area contributed by atoms with E-state index in [1.165, 1.54) is 32.6 Å². The predicted octanol–water partition coefficient (Wildman–Crippen LogP) is 0.554. The average Bonchev–Trinajstić information content (AvgIpc) is 2.29. The fraction of sp³-hybridized carbons (Fsp3) is 1.00. The van der Waals surface area contributed by atoms with Crippen LogP contribution in [-0.4, -0.2) is 87.2 Å². The van der Waals surface area contributed by atoms with Crippen LogP contribution in [-0.2, 0) is 0 Å². The molecular formula is C14H32N4. The van der Waals surface area contributed by atoms with Gasteiger partial charge in [-0.1, -0.05) is 0 Å². The van der Waals surface area contributed by atoms with E-state index in [0.29, 0.717) is 0 Å². The number of hydrogen-bond donors (Lipinski definition) is 1. The summed E-state index contributed by atoms with van der Waals surface area (Å²) in [5, 5.41) is 3.43. The van der Waals surface area contributed by atoms with E-state index in [9.17, 15) is 0 Å². The molecule has 1 fully saturated rings. The van der Waals surface area contributed by atoms with Gasteiger partial charge in [0.15, 0.2) is 0 Å². The van der Waals surface area contributed by atoms with E-state index < -0.39 is 0 Å². The molecule has 18 heavy (non-hydrogen) atoms. The summed E-state index contributed by atoms with van der Waals surface area (Å²) in [5.41, 5.74) is 0.287. The molecule has 1 heterocycles. The van der Waals surface area contributed by atoms with E-state index in [4.69, 9.17) is 0 Å². The zero-order chi connectivity index (χ0) is 13.6. The number of piperazine rings is 1. The molecule has 0 aromatic carbocycles. The first-order chi connectivity index (χ1) is 8.42. The minimum absolute atomic E-state index is 0.287. The largest absolute Gasteiger partial charge is 0.314 e. The Bertz CT molecular complexity index is 222. The molecule has 0 aromatic heterocycles. The van der Waals surface area contributed by atoms with Crippen molar-refractivity contribution >= 4 is 0 Å². The summed E-state index contributed by atoms with van der Waals surface area (Å²) < 4.78 is 0. The highest BCUT2D eigenvalue weighted by Crippen LogP contribution is 2.16. The van der Waals surface area contributed by atoms with Gasteiger partial charge in [0.1, 0.15) is 0 Å². The monoisotopic (exact) mass is 256 g/mol. The van der Waals surface area contributed by atoms with Gasteiger partial charge in [-0.25, -0.2) is 0 Å². The Morgan fingerprint density at radius 3 is 2.22 bits per heavy atom. The fourth-order valence-corrected chi connectivity index (χ4v) is 2.77. The summed E-state index contributed by atoms with van der Waals surface area (Å²) in [6, 6.07) is 0. The van der Waals surface area contributed by atoms with Crippen molar-refractivity contribution < 1.29 is 0 Å².